The number of nitrogens with one attached hydrogen (secondary N) is 2. The van der Waals surface area contributed by atoms with Crippen molar-refractivity contribution in [1.82, 2.24) is 20.4 Å². The molecule has 0 aromatic heterocycles. The molecular weight excluding hydrogens is 256 g/mol. The van der Waals surface area contributed by atoms with E-state index in [4.69, 9.17) is 0 Å². The fourth-order valence-electron chi connectivity index (χ4n) is 3.52. The van der Waals surface area contributed by atoms with Crippen molar-refractivity contribution in [2.75, 3.05) is 39.8 Å². The standard InChI is InChI=1S/C14H24N4O2/c1-17-7-4-14(5-8-17)12(19)18(13(20)16-14)10-11-3-2-6-15-9-11/h11,15H,2-10H2,1H3,(H,16,20). The minimum absolute atomic E-state index is 0.00109. The minimum Gasteiger partial charge on any atom is -0.323 e. The molecule has 3 aliphatic rings. The molecule has 0 aromatic carbocycles. The number of piperidine rings is 2. The normalized spacial score (nSPS) is 30.9. The second-order valence-electron chi connectivity index (χ2n) is 6.44. The first-order valence-corrected chi connectivity index (χ1v) is 7.64. The van der Waals surface area contributed by atoms with Crippen LogP contribution in [0.15, 0.2) is 0 Å². The quantitative estimate of drug-likeness (QED) is 0.699. The molecule has 3 saturated heterocycles. The molecule has 1 unspecified atom stereocenters. The highest BCUT2D eigenvalue weighted by Gasteiger charge is 2.52. The Hall–Kier alpha value is -1.14. The summed E-state index contributed by atoms with van der Waals surface area (Å²) in [7, 11) is 2.06. The maximum atomic E-state index is 12.7. The van der Waals surface area contributed by atoms with E-state index < -0.39 is 5.54 Å². The summed E-state index contributed by atoms with van der Waals surface area (Å²) in [6.45, 7) is 4.25. The van der Waals surface area contributed by atoms with Crippen molar-refractivity contribution in [3.63, 3.8) is 0 Å². The second kappa shape index (κ2) is 5.33. The Morgan fingerprint density at radius 3 is 2.70 bits per heavy atom. The van der Waals surface area contributed by atoms with E-state index in [0.717, 1.165) is 51.9 Å². The summed E-state index contributed by atoms with van der Waals surface area (Å²) in [5, 5.41) is 6.31. The number of hydrogen-bond acceptors (Lipinski definition) is 4. The molecule has 3 rings (SSSR count). The van der Waals surface area contributed by atoms with Crippen molar-refractivity contribution >= 4 is 11.9 Å². The Morgan fingerprint density at radius 2 is 2.05 bits per heavy atom. The number of hydrogen-bond donors (Lipinski definition) is 2. The van der Waals surface area contributed by atoms with Gasteiger partial charge in [-0.05, 0) is 51.7 Å². The van der Waals surface area contributed by atoms with Crippen LogP contribution >= 0.6 is 0 Å². The number of likely N-dealkylation sites (tertiary alicyclic amines) is 1. The van der Waals surface area contributed by atoms with E-state index in [1.54, 1.807) is 0 Å². The third-order valence-electron chi connectivity index (χ3n) is 4.93. The Bertz CT molecular complexity index is 398. The first kappa shape index (κ1) is 13.8. The van der Waals surface area contributed by atoms with Crippen molar-refractivity contribution in [3.05, 3.63) is 0 Å². The van der Waals surface area contributed by atoms with Crippen LogP contribution in [0, 0.1) is 5.92 Å². The summed E-state index contributed by atoms with van der Waals surface area (Å²) < 4.78 is 0. The summed E-state index contributed by atoms with van der Waals surface area (Å²) in [4.78, 5) is 28.5. The van der Waals surface area contributed by atoms with Crippen molar-refractivity contribution in [1.29, 1.82) is 0 Å². The lowest BCUT2D eigenvalue weighted by Crippen LogP contribution is -2.54. The lowest BCUT2D eigenvalue weighted by atomic mass is 9.87. The maximum Gasteiger partial charge on any atom is 0.325 e. The van der Waals surface area contributed by atoms with Gasteiger partial charge in [0.2, 0.25) is 0 Å². The van der Waals surface area contributed by atoms with Crippen molar-refractivity contribution < 1.29 is 9.59 Å². The number of imide groups is 1. The van der Waals surface area contributed by atoms with Gasteiger partial charge in [0.1, 0.15) is 5.54 Å². The lowest BCUT2D eigenvalue weighted by Gasteiger charge is -2.35. The van der Waals surface area contributed by atoms with Gasteiger partial charge in [-0.25, -0.2) is 4.79 Å². The zero-order valence-electron chi connectivity index (χ0n) is 12.2. The summed E-state index contributed by atoms with van der Waals surface area (Å²) in [5.74, 6) is 0.404. The van der Waals surface area contributed by atoms with Crippen LogP contribution in [0.3, 0.4) is 0 Å². The fraction of sp³-hybridized carbons (Fsp3) is 0.857. The molecule has 3 heterocycles. The van der Waals surface area contributed by atoms with Crippen LogP contribution in [0.2, 0.25) is 0 Å². The van der Waals surface area contributed by atoms with Gasteiger partial charge in [0.05, 0.1) is 0 Å². The van der Waals surface area contributed by atoms with Gasteiger partial charge in [-0.2, -0.15) is 0 Å². The summed E-state index contributed by atoms with van der Waals surface area (Å²) >= 11 is 0. The average molecular weight is 280 g/mol. The largest absolute Gasteiger partial charge is 0.325 e. The Balaban J connectivity index is 1.67. The van der Waals surface area contributed by atoms with Gasteiger partial charge in [-0.15, -0.1) is 0 Å². The first-order valence-electron chi connectivity index (χ1n) is 7.64. The molecule has 2 N–H and O–H groups in total. The molecule has 0 saturated carbocycles. The van der Waals surface area contributed by atoms with Crippen LogP contribution in [0.25, 0.3) is 0 Å². The number of urea groups is 1. The van der Waals surface area contributed by atoms with Crippen LogP contribution < -0.4 is 10.6 Å². The molecule has 0 aromatic rings. The number of carbonyl (C=O) groups is 2. The van der Waals surface area contributed by atoms with E-state index in [1.165, 1.54) is 4.90 Å². The van der Waals surface area contributed by atoms with E-state index in [1.807, 2.05) is 0 Å². The number of carbonyl (C=O) groups excluding carboxylic acids is 2. The van der Waals surface area contributed by atoms with Gasteiger partial charge in [-0.3, -0.25) is 9.69 Å². The van der Waals surface area contributed by atoms with Gasteiger partial charge in [0, 0.05) is 19.6 Å². The molecular formula is C14H24N4O2. The molecule has 3 fully saturated rings. The Labute approximate surface area is 119 Å². The van der Waals surface area contributed by atoms with E-state index >= 15 is 0 Å². The Kier molecular flexibility index (Phi) is 3.69. The molecule has 112 valence electrons. The Morgan fingerprint density at radius 1 is 1.30 bits per heavy atom. The van der Waals surface area contributed by atoms with Crippen LogP contribution in [-0.4, -0.2) is 67.0 Å². The SMILES string of the molecule is CN1CCC2(CC1)NC(=O)N(CC1CCCNC1)C2=O. The van der Waals surface area contributed by atoms with Crippen molar-refractivity contribution in [2.24, 2.45) is 5.92 Å². The average Bonchev–Trinajstić information content (AvgIpc) is 2.68. The molecule has 1 atom stereocenters. The molecule has 0 radical (unpaired) electrons. The predicted octanol–water partition coefficient (Wildman–Crippen LogP) is 0.00220. The number of nitrogens with zero attached hydrogens (tertiary/aromatic N) is 2. The molecule has 3 amide bonds. The molecule has 3 aliphatic heterocycles. The number of amides is 3. The van der Waals surface area contributed by atoms with Gasteiger partial charge in [0.25, 0.3) is 5.91 Å². The minimum atomic E-state index is -0.619. The van der Waals surface area contributed by atoms with Crippen LogP contribution in [-0.2, 0) is 4.79 Å². The monoisotopic (exact) mass is 280 g/mol. The molecule has 6 nitrogen and oxygen atoms in total. The molecule has 1 spiro atoms. The van der Waals surface area contributed by atoms with E-state index in [9.17, 15) is 9.59 Å². The zero-order valence-corrected chi connectivity index (χ0v) is 12.2. The highest BCUT2D eigenvalue weighted by Crippen LogP contribution is 2.29. The maximum absolute atomic E-state index is 12.7. The van der Waals surface area contributed by atoms with Gasteiger partial charge >= 0.3 is 6.03 Å². The topological polar surface area (TPSA) is 64.7 Å². The molecule has 20 heavy (non-hydrogen) atoms. The predicted molar refractivity (Wildman–Crippen MR) is 75.3 cm³/mol. The fourth-order valence-corrected chi connectivity index (χ4v) is 3.52. The van der Waals surface area contributed by atoms with E-state index in [0.29, 0.717) is 12.5 Å². The zero-order chi connectivity index (χ0) is 14.2. The summed E-state index contributed by atoms with van der Waals surface area (Å²) in [5.41, 5.74) is -0.619. The summed E-state index contributed by atoms with van der Waals surface area (Å²) in [6, 6.07) is -0.190. The molecule has 0 aliphatic carbocycles. The molecule has 0 bridgehead atoms. The van der Waals surface area contributed by atoms with E-state index in [2.05, 4.69) is 22.6 Å². The van der Waals surface area contributed by atoms with E-state index in [-0.39, 0.29) is 11.9 Å². The molecule has 6 heteroatoms. The van der Waals surface area contributed by atoms with Gasteiger partial charge < -0.3 is 15.5 Å². The third kappa shape index (κ3) is 2.42. The third-order valence-corrected chi connectivity index (χ3v) is 4.93. The van der Waals surface area contributed by atoms with Crippen LogP contribution in [0.5, 0.6) is 0 Å². The lowest BCUT2D eigenvalue weighted by molar-refractivity contribution is -0.133. The van der Waals surface area contributed by atoms with Crippen molar-refractivity contribution in [2.45, 2.75) is 31.2 Å². The van der Waals surface area contributed by atoms with Gasteiger partial charge in [0.15, 0.2) is 0 Å². The summed E-state index contributed by atoms with van der Waals surface area (Å²) in [6.07, 6.45) is 3.69. The second-order valence-corrected chi connectivity index (χ2v) is 6.44. The van der Waals surface area contributed by atoms with Gasteiger partial charge in [-0.1, -0.05) is 0 Å². The van der Waals surface area contributed by atoms with Crippen LogP contribution in [0.4, 0.5) is 4.79 Å². The highest BCUT2D eigenvalue weighted by atomic mass is 16.2. The van der Waals surface area contributed by atoms with Crippen molar-refractivity contribution in [3.8, 4) is 0 Å². The number of rotatable bonds is 2. The first-order chi connectivity index (χ1) is 9.61. The van der Waals surface area contributed by atoms with Crippen LogP contribution in [0.1, 0.15) is 25.7 Å². The highest BCUT2D eigenvalue weighted by molar-refractivity contribution is 6.07. The smallest absolute Gasteiger partial charge is 0.323 e.